The summed E-state index contributed by atoms with van der Waals surface area (Å²) < 4.78 is 4.97. The third kappa shape index (κ3) is 5.90. The lowest BCUT2D eigenvalue weighted by molar-refractivity contribution is -0.119. The fourth-order valence-corrected chi connectivity index (χ4v) is 5.78. The third-order valence-electron chi connectivity index (χ3n) is 5.36. The molecular formula is C23H29N3O4S2. The minimum Gasteiger partial charge on any atom is -0.465 e. The minimum absolute atomic E-state index is 0.0250. The van der Waals surface area contributed by atoms with Crippen LogP contribution in [-0.4, -0.2) is 56.2 Å². The highest BCUT2D eigenvalue weighted by atomic mass is 32.2. The molecule has 7 nitrogen and oxygen atoms in total. The molecule has 0 spiro atoms. The normalized spacial score (nSPS) is 15.2. The largest absolute Gasteiger partial charge is 0.465 e. The van der Waals surface area contributed by atoms with Gasteiger partial charge in [-0.2, -0.15) is 0 Å². The molecule has 2 aromatic rings. The average molecular weight is 476 g/mol. The number of benzene rings is 1. The highest BCUT2D eigenvalue weighted by molar-refractivity contribution is 7.98. The first-order valence-electron chi connectivity index (χ1n) is 10.5. The molecule has 0 fully saturated rings. The van der Waals surface area contributed by atoms with Crippen molar-refractivity contribution in [1.82, 2.24) is 4.90 Å². The molecule has 0 saturated heterocycles. The second-order valence-electron chi connectivity index (χ2n) is 8.02. The molecule has 1 aliphatic rings. The molecule has 172 valence electrons. The van der Waals surface area contributed by atoms with Gasteiger partial charge in [-0.3, -0.25) is 14.5 Å². The SMILES string of the molecule is COC(=O)c1c(NC(=O)CN(C)CC(=O)Nc2ccccc2SC)sc2c1CCC(C)C2. The quantitative estimate of drug-likeness (QED) is 0.445. The van der Waals surface area contributed by atoms with E-state index < -0.39 is 5.97 Å². The number of rotatable bonds is 8. The van der Waals surface area contributed by atoms with Crippen LogP contribution in [0.15, 0.2) is 29.2 Å². The maximum absolute atomic E-state index is 12.7. The monoisotopic (exact) mass is 475 g/mol. The number of nitrogens with zero attached hydrogens (tertiary/aromatic N) is 1. The molecule has 0 saturated carbocycles. The van der Waals surface area contributed by atoms with Gasteiger partial charge in [0.1, 0.15) is 5.00 Å². The van der Waals surface area contributed by atoms with Crippen LogP contribution in [0.2, 0.25) is 0 Å². The summed E-state index contributed by atoms with van der Waals surface area (Å²) in [6.07, 6.45) is 4.67. The van der Waals surface area contributed by atoms with Crippen LogP contribution < -0.4 is 10.6 Å². The number of amides is 2. The number of thioether (sulfide) groups is 1. The Labute approximate surface area is 196 Å². The number of esters is 1. The van der Waals surface area contributed by atoms with Gasteiger partial charge in [-0.25, -0.2) is 4.79 Å². The number of para-hydroxylation sites is 1. The Morgan fingerprint density at radius 2 is 1.88 bits per heavy atom. The zero-order valence-corrected chi connectivity index (χ0v) is 20.5. The van der Waals surface area contributed by atoms with E-state index in [2.05, 4.69) is 17.6 Å². The van der Waals surface area contributed by atoms with Gasteiger partial charge in [-0.15, -0.1) is 23.1 Å². The second-order valence-corrected chi connectivity index (χ2v) is 9.97. The highest BCUT2D eigenvalue weighted by Gasteiger charge is 2.29. The number of anilines is 2. The van der Waals surface area contributed by atoms with Gasteiger partial charge in [0.15, 0.2) is 0 Å². The zero-order chi connectivity index (χ0) is 23.3. The van der Waals surface area contributed by atoms with Crippen molar-refractivity contribution in [2.45, 2.75) is 31.1 Å². The molecular weight excluding hydrogens is 446 g/mol. The molecule has 1 aromatic carbocycles. The van der Waals surface area contributed by atoms with Crippen molar-refractivity contribution in [2.24, 2.45) is 5.92 Å². The predicted octanol–water partition coefficient (Wildman–Crippen LogP) is 3.89. The standard InChI is InChI=1S/C23H29N3O4S2/c1-14-9-10-15-18(11-14)32-22(21(15)23(29)30-3)25-20(28)13-26(2)12-19(27)24-16-7-5-6-8-17(16)31-4/h5-8,14H,9-13H2,1-4H3,(H,24,27)(H,25,28). The number of thiophene rings is 1. The number of methoxy groups -OCH3 is 1. The smallest absolute Gasteiger partial charge is 0.341 e. The molecule has 1 heterocycles. The lowest BCUT2D eigenvalue weighted by Gasteiger charge is -2.18. The third-order valence-corrected chi connectivity index (χ3v) is 7.33. The molecule has 32 heavy (non-hydrogen) atoms. The molecule has 3 rings (SSSR count). The summed E-state index contributed by atoms with van der Waals surface area (Å²) in [5.74, 6) is -0.345. The summed E-state index contributed by atoms with van der Waals surface area (Å²) in [7, 11) is 3.06. The summed E-state index contributed by atoms with van der Waals surface area (Å²) in [6.45, 7) is 2.28. The van der Waals surface area contributed by atoms with E-state index >= 15 is 0 Å². The summed E-state index contributed by atoms with van der Waals surface area (Å²) in [5.41, 5.74) is 2.22. The topological polar surface area (TPSA) is 87.7 Å². The Morgan fingerprint density at radius 1 is 1.19 bits per heavy atom. The number of hydrogen-bond donors (Lipinski definition) is 2. The van der Waals surface area contributed by atoms with Gasteiger partial charge in [0.25, 0.3) is 0 Å². The van der Waals surface area contributed by atoms with Gasteiger partial charge in [-0.1, -0.05) is 19.1 Å². The van der Waals surface area contributed by atoms with E-state index in [0.29, 0.717) is 16.5 Å². The van der Waals surface area contributed by atoms with E-state index in [1.165, 1.54) is 18.4 Å². The van der Waals surface area contributed by atoms with Gasteiger partial charge in [0.2, 0.25) is 11.8 Å². The number of hydrogen-bond acceptors (Lipinski definition) is 7. The number of nitrogens with one attached hydrogen (secondary N) is 2. The van der Waals surface area contributed by atoms with Crippen LogP contribution in [0.5, 0.6) is 0 Å². The molecule has 9 heteroatoms. The first-order chi connectivity index (χ1) is 15.3. The number of likely N-dealkylation sites (N-methyl/N-ethyl adjacent to an activating group) is 1. The lowest BCUT2D eigenvalue weighted by Crippen LogP contribution is -2.36. The van der Waals surface area contributed by atoms with E-state index in [1.54, 1.807) is 23.7 Å². The number of carbonyl (C=O) groups is 3. The van der Waals surface area contributed by atoms with Crippen molar-refractivity contribution < 1.29 is 19.1 Å². The van der Waals surface area contributed by atoms with Crippen LogP contribution in [0.25, 0.3) is 0 Å². The summed E-state index contributed by atoms with van der Waals surface area (Å²) in [4.78, 5) is 41.2. The Balaban J connectivity index is 1.61. The van der Waals surface area contributed by atoms with Gasteiger partial charge < -0.3 is 15.4 Å². The summed E-state index contributed by atoms with van der Waals surface area (Å²) in [5, 5.41) is 6.30. The van der Waals surface area contributed by atoms with Crippen LogP contribution in [0.1, 0.15) is 34.1 Å². The first-order valence-corrected chi connectivity index (χ1v) is 12.5. The van der Waals surface area contributed by atoms with Gasteiger partial charge in [-0.05, 0) is 56.2 Å². The van der Waals surface area contributed by atoms with Crippen molar-refractivity contribution >= 4 is 51.6 Å². The molecule has 1 unspecified atom stereocenters. The minimum atomic E-state index is -0.424. The van der Waals surface area contributed by atoms with E-state index in [1.807, 2.05) is 30.5 Å². The number of carbonyl (C=O) groups excluding carboxylic acids is 3. The maximum atomic E-state index is 12.7. The molecule has 1 aromatic heterocycles. The van der Waals surface area contributed by atoms with Crippen LogP contribution in [-0.2, 0) is 27.2 Å². The van der Waals surface area contributed by atoms with Crippen molar-refractivity contribution in [3.63, 3.8) is 0 Å². The lowest BCUT2D eigenvalue weighted by atomic mass is 9.88. The van der Waals surface area contributed by atoms with Gasteiger partial charge in [0, 0.05) is 9.77 Å². The number of ether oxygens (including phenoxy) is 1. The van der Waals surface area contributed by atoms with E-state index in [9.17, 15) is 14.4 Å². The molecule has 2 N–H and O–H groups in total. The van der Waals surface area contributed by atoms with E-state index in [4.69, 9.17) is 4.74 Å². The molecule has 2 amide bonds. The molecule has 0 radical (unpaired) electrons. The Bertz CT molecular complexity index is 1010. The Morgan fingerprint density at radius 3 is 2.56 bits per heavy atom. The molecule has 1 aliphatic carbocycles. The molecule has 1 atom stereocenters. The predicted molar refractivity (Wildman–Crippen MR) is 130 cm³/mol. The second kappa shape index (κ2) is 11.0. The van der Waals surface area contributed by atoms with Crippen LogP contribution in [0, 0.1) is 5.92 Å². The molecule has 0 aliphatic heterocycles. The van der Waals surface area contributed by atoms with Crippen LogP contribution in [0.4, 0.5) is 10.7 Å². The zero-order valence-electron chi connectivity index (χ0n) is 18.8. The summed E-state index contributed by atoms with van der Waals surface area (Å²) >= 11 is 3.01. The van der Waals surface area contributed by atoms with Crippen molar-refractivity contribution in [3.8, 4) is 0 Å². The van der Waals surface area contributed by atoms with Crippen molar-refractivity contribution in [2.75, 3.05) is 44.1 Å². The molecule has 0 bridgehead atoms. The Hall–Kier alpha value is -2.36. The van der Waals surface area contributed by atoms with Crippen molar-refractivity contribution in [1.29, 1.82) is 0 Å². The van der Waals surface area contributed by atoms with E-state index in [-0.39, 0.29) is 24.9 Å². The maximum Gasteiger partial charge on any atom is 0.341 e. The van der Waals surface area contributed by atoms with Gasteiger partial charge >= 0.3 is 5.97 Å². The fraction of sp³-hybridized carbons (Fsp3) is 0.435. The fourth-order valence-electron chi connectivity index (χ4n) is 3.81. The average Bonchev–Trinajstić information content (AvgIpc) is 3.09. The van der Waals surface area contributed by atoms with Crippen molar-refractivity contribution in [3.05, 3.63) is 40.3 Å². The first kappa shape index (κ1) is 24.3. The highest BCUT2D eigenvalue weighted by Crippen LogP contribution is 2.40. The number of fused-ring (bicyclic) bond motifs is 1. The van der Waals surface area contributed by atoms with Crippen LogP contribution >= 0.6 is 23.1 Å². The summed E-state index contributed by atoms with van der Waals surface area (Å²) in [6, 6.07) is 7.58. The van der Waals surface area contributed by atoms with E-state index in [0.717, 1.165) is 40.3 Å². The Kier molecular flexibility index (Phi) is 8.33. The van der Waals surface area contributed by atoms with Gasteiger partial charge in [0.05, 0.1) is 31.5 Å². The van der Waals surface area contributed by atoms with Crippen LogP contribution in [0.3, 0.4) is 0 Å².